The Kier molecular flexibility index (Phi) is 4.88. The maximum atomic E-state index is 12.3. The Morgan fingerprint density at radius 2 is 2.19 bits per heavy atom. The number of amides is 1. The first-order valence-electron chi connectivity index (χ1n) is 9.29. The van der Waals surface area contributed by atoms with E-state index in [2.05, 4.69) is 22.3 Å². The van der Waals surface area contributed by atoms with Gasteiger partial charge in [0, 0.05) is 19.4 Å². The highest BCUT2D eigenvalue weighted by Gasteiger charge is 2.25. The third-order valence-corrected chi connectivity index (χ3v) is 5.05. The minimum atomic E-state index is -0.413. The summed E-state index contributed by atoms with van der Waals surface area (Å²) in [6.07, 6.45) is 5.21. The van der Waals surface area contributed by atoms with Gasteiger partial charge >= 0.3 is 0 Å². The van der Waals surface area contributed by atoms with Gasteiger partial charge in [0.15, 0.2) is 5.82 Å². The van der Waals surface area contributed by atoms with Crippen LogP contribution in [-0.4, -0.2) is 40.1 Å². The average Bonchev–Trinajstić information content (AvgIpc) is 3.26. The lowest BCUT2D eigenvalue weighted by Crippen LogP contribution is -2.41. The SMILES string of the molecule is NC1CCCCN(Cc2nc(CCc3ccc4c(c3)CCO4)no2)C1=O. The maximum absolute atomic E-state index is 12.3. The van der Waals surface area contributed by atoms with Crippen LogP contribution in [0.4, 0.5) is 0 Å². The normalized spacial score (nSPS) is 20.0. The van der Waals surface area contributed by atoms with E-state index < -0.39 is 6.04 Å². The van der Waals surface area contributed by atoms with Crippen molar-refractivity contribution >= 4 is 5.91 Å². The largest absolute Gasteiger partial charge is 0.493 e. The number of ether oxygens (including phenoxy) is 1. The van der Waals surface area contributed by atoms with Gasteiger partial charge in [-0.3, -0.25) is 4.79 Å². The lowest BCUT2D eigenvalue weighted by Gasteiger charge is -2.20. The quantitative estimate of drug-likeness (QED) is 0.875. The first kappa shape index (κ1) is 17.0. The fourth-order valence-electron chi connectivity index (χ4n) is 3.56. The van der Waals surface area contributed by atoms with E-state index in [1.807, 2.05) is 6.07 Å². The van der Waals surface area contributed by atoms with Crippen LogP contribution in [0.1, 0.15) is 42.1 Å². The molecule has 2 aliphatic heterocycles. The van der Waals surface area contributed by atoms with Crippen molar-refractivity contribution in [3.63, 3.8) is 0 Å². The molecule has 3 heterocycles. The number of carbonyl (C=O) groups excluding carboxylic acids is 1. The molecule has 1 aromatic heterocycles. The molecule has 1 aromatic carbocycles. The third-order valence-electron chi connectivity index (χ3n) is 5.05. The van der Waals surface area contributed by atoms with E-state index >= 15 is 0 Å². The van der Waals surface area contributed by atoms with E-state index in [4.69, 9.17) is 15.0 Å². The van der Waals surface area contributed by atoms with E-state index in [9.17, 15) is 4.79 Å². The van der Waals surface area contributed by atoms with Gasteiger partial charge in [-0.25, -0.2) is 0 Å². The highest BCUT2D eigenvalue weighted by atomic mass is 16.5. The minimum absolute atomic E-state index is 0.0254. The summed E-state index contributed by atoms with van der Waals surface area (Å²) in [4.78, 5) is 18.4. The topological polar surface area (TPSA) is 94.5 Å². The summed E-state index contributed by atoms with van der Waals surface area (Å²) < 4.78 is 10.9. The molecule has 0 aliphatic carbocycles. The van der Waals surface area contributed by atoms with Gasteiger partial charge < -0.3 is 19.9 Å². The van der Waals surface area contributed by atoms with Crippen molar-refractivity contribution in [3.05, 3.63) is 41.0 Å². The highest BCUT2D eigenvalue weighted by molar-refractivity contribution is 5.81. The van der Waals surface area contributed by atoms with Crippen LogP contribution < -0.4 is 10.5 Å². The number of hydrogen-bond acceptors (Lipinski definition) is 6. The first-order chi connectivity index (χ1) is 12.7. The summed E-state index contributed by atoms with van der Waals surface area (Å²) in [7, 11) is 0. The van der Waals surface area contributed by atoms with Gasteiger partial charge in [-0.15, -0.1) is 0 Å². The Balaban J connectivity index is 1.35. The Labute approximate surface area is 152 Å². The zero-order valence-corrected chi connectivity index (χ0v) is 14.8. The Morgan fingerprint density at radius 1 is 1.27 bits per heavy atom. The van der Waals surface area contributed by atoms with Crippen LogP contribution in [0.15, 0.2) is 22.7 Å². The zero-order chi connectivity index (χ0) is 17.9. The molecule has 4 rings (SSSR count). The molecular formula is C19H24N4O3. The molecule has 2 N–H and O–H groups in total. The standard InChI is InChI=1S/C19H24N4O3/c20-15-3-1-2-9-23(19(15)24)12-18-21-17(22-26-18)7-5-13-4-6-16-14(11-13)8-10-25-16/h4,6,11,15H,1-3,5,7-10,12,20H2. The lowest BCUT2D eigenvalue weighted by atomic mass is 10.0. The summed E-state index contributed by atoms with van der Waals surface area (Å²) >= 11 is 0. The number of benzene rings is 1. The number of aryl methyl sites for hydroxylation is 2. The van der Waals surface area contributed by atoms with Crippen LogP contribution in [0.2, 0.25) is 0 Å². The first-order valence-corrected chi connectivity index (χ1v) is 9.29. The molecule has 2 aromatic rings. The van der Waals surface area contributed by atoms with E-state index in [0.29, 0.717) is 31.2 Å². The van der Waals surface area contributed by atoms with Crippen LogP contribution in [0.3, 0.4) is 0 Å². The fourth-order valence-corrected chi connectivity index (χ4v) is 3.56. The average molecular weight is 356 g/mol. The van der Waals surface area contributed by atoms with Crippen LogP contribution in [0, 0.1) is 0 Å². The number of aromatic nitrogens is 2. The molecule has 1 unspecified atom stereocenters. The summed E-state index contributed by atoms with van der Waals surface area (Å²) in [5.74, 6) is 2.12. The number of fused-ring (bicyclic) bond motifs is 1. The predicted molar refractivity (Wildman–Crippen MR) is 94.6 cm³/mol. The highest BCUT2D eigenvalue weighted by Crippen LogP contribution is 2.26. The monoisotopic (exact) mass is 356 g/mol. The van der Waals surface area contributed by atoms with Crippen molar-refractivity contribution in [3.8, 4) is 5.75 Å². The Hall–Kier alpha value is -2.41. The van der Waals surface area contributed by atoms with Gasteiger partial charge in [0.2, 0.25) is 11.8 Å². The molecule has 2 aliphatic rings. The second-order valence-electron chi connectivity index (χ2n) is 7.01. The minimum Gasteiger partial charge on any atom is -0.493 e. The second kappa shape index (κ2) is 7.45. The number of nitrogens with two attached hydrogens (primary N) is 1. The van der Waals surface area contributed by atoms with E-state index in [-0.39, 0.29) is 5.91 Å². The van der Waals surface area contributed by atoms with Gasteiger partial charge in [-0.1, -0.05) is 17.3 Å². The molecule has 1 saturated heterocycles. The van der Waals surface area contributed by atoms with Crippen molar-refractivity contribution in [2.75, 3.05) is 13.2 Å². The van der Waals surface area contributed by atoms with Gasteiger partial charge in [-0.2, -0.15) is 4.98 Å². The molecule has 7 heteroatoms. The molecule has 1 fully saturated rings. The van der Waals surface area contributed by atoms with Gasteiger partial charge in [0.1, 0.15) is 12.3 Å². The molecule has 138 valence electrons. The number of rotatable bonds is 5. The number of nitrogens with zero attached hydrogens (tertiary/aromatic N) is 3. The van der Waals surface area contributed by atoms with Crippen molar-refractivity contribution in [1.29, 1.82) is 0 Å². The van der Waals surface area contributed by atoms with Crippen molar-refractivity contribution in [1.82, 2.24) is 15.0 Å². The molecule has 0 spiro atoms. The smallest absolute Gasteiger partial charge is 0.246 e. The van der Waals surface area contributed by atoms with Gasteiger partial charge in [-0.05, 0) is 42.9 Å². The predicted octanol–water partition coefficient (Wildman–Crippen LogP) is 1.63. The van der Waals surface area contributed by atoms with Crippen LogP contribution in [0.25, 0.3) is 0 Å². The maximum Gasteiger partial charge on any atom is 0.246 e. The summed E-state index contributed by atoms with van der Waals surface area (Å²) in [6.45, 7) is 1.81. The molecule has 1 atom stereocenters. The molecule has 0 radical (unpaired) electrons. The summed E-state index contributed by atoms with van der Waals surface area (Å²) in [5.41, 5.74) is 8.43. The fraction of sp³-hybridized carbons (Fsp3) is 0.526. The van der Waals surface area contributed by atoms with Gasteiger partial charge in [0.05, 0.1) is 12.6 Å². The molecule has 7 nitrogen and oxygen atoms in total. The van der Waals surface area contributed by atoms with Crippen molar-refractivity contribution < 1.29 is 14.1 Å². The summed E-state index contributed by atoms with van der Waals surface area (Å²) in [6, 6.07) is 5.90. The molecule has 1 amide bonds. The Morgan fingerprint density at radius 3 is 3.12 bits per heavy atom. The van der Waals surface area contributed by atoms with E-state index in [0.717, 1.165) is 44.5 Å². The van der Waals surface area contributed by atoms with Crippen molar-refractivity contribution in [2.24, 2.45) is 5.73 Å². The lowest BCUT2D eigenvalue weighted by molar-refractivity contribution is -0.133. The number of likely N-dealkylation sites (tertiary alicyclic amines) is 1. The van der Waals surface area contributed by atoms with Crippen LogP contribution in [-0.2, 0) is 30.6 Å². The molecule has 26 heavy (non-hydrogen) atoms. The molecule has 0 saturated carbocycles. The van der Waals surface area contributed by atoms with Crippen molar-refractivity contribution in [2.45, 2.75) is 51.1 Å². The van der Waals surface area contributed by atoms with Crippen LogP contribution in [0.5, 0.6) is 5.75 Å². The molecular weight excluding hydrogens is 332 g/mol. The van der Waals surface area contributed by atoms with Gasteiger partial charge in [0.25, 0.3) is 0 Å². The summed E-state index contributed by atoms with van der Waals surface area (Å²) in [5, 5.41) is 4.06. The third kappa shape index (κ3) is 3.72. The Bertz CT molecular complexity index is 789. The van der Waals surface area contributed by atoms with E-state index in [1.54, 1.807) is 4.90 Å². The number of hydrogen-bond donors (Lipinski definition) is 1. The van der Waals surface area contributed by atoms with Crippen LogP contribution >= 0.6 is 0 Å². The number of carbonyl (C=O) groups is 1. The zero-order valence-electron chi connectivity index (χ0n) is 14.8. The second-order valence-corrected chi connectivity index (χ2v) is 7.01. The molecule has 0 bridgehead atoms. The van der Waals surface area contributed by atoms with E-state index in [1.165, 1.54) is 11.1 Å².